The van der Waals surface area contributed by atoms with Crippen LogP contribution >= 0.6 is 0 Å². The number of nitrogens with one attached hydrogen (secondary N) is 2. The molecule has 0 spiro atoms. The number of anilines is 2. The fraction of sp³-hybridized carbons (Fsp3) is 0.391. The van der Waals surface area contributed by atoms with Crippen molar-refractivity contribution < 1.29 is 19.1 Å². The van der Waals surface area contributed by atoms with Crippen LogP contribution in [0.25, 0.3) is 0 Å². The van der Waals surface area contributed by atoms with Crippen LogP contribution in [-0.4, -0.2) is 37.7 Å². The quantitative estimate of drug-likeness (QED) is 0.599. The van der Waals surface area contributed by atoms with Gasteiger partial charge in [0.1, 0.15) is 6.10 Å². The standard InChI is InChI=1S/C23H28N2O4/c26-22(9-5-15-28-17-14-18-6-2-1-3-7-18)24-19-10-12-20(13-11-19)25-23(27)21-8-4-16-29-21/h1-3,6-7,10-13,21H,4-5,8-9,14-17H2,(H,24,26)(H,25,27). The first-order chi connectivity index (χ1) is 14.2. The number of hydrogen-bond donors (Lipinski definition) is 2. The van der Waals surface area contributed by atoms with Crippen molar-refractivity contribution in [3.05, 3.63) is 60.2 Å². The Labute approximate surface area is 171 Å². The lowest BCUT2D eigenvalue weighted by Gasteiger charge is -2.11. The lowest BCUT2D eigenvalue weighted by atomic mass is 10.2. The first-order valence-electron chi connectivity index (χ1n) is 10.1. The van der Waals surface area contributed by atoms with Crippen molar-refractivity contribution in [2.45, 2.75) is 38.2 Å². The van der Waals surface area contributed by atoms with Crippen LogP contribution in [0.15, 0.2) is 54.6 Å². The van der Waals surface area contributed by atoms with Crippen LogP contribution in [0.5, 0.6) is 0 Å². The highest BCUT2D eigenvalue weighted by Gasteiger charge is 2.23. The topological polar surface area (TPSA) is 76.7 Å². The van der Waals surface area contributed by atoms with Crippen molar-refractivity contribution in [1.29, 1.82) is 0 Å². The molecule has 0 aromatic heterocycles. The van der Waals surface area contributed by atoms with Crippen LogP contribution < -0.4 is 10.6 Å². The van der Waals surface area contributed by atoms with E-state index in [9.17, 15) is 9.59 Å². The van der Waals surface area contributed by atoms with Gasteiger partial charge in [0.05, 0.1) is 6.61 Å². The molecule has 1 aliphatic heterocycles. The summed E-state index contributed by atoms with van der Waals surface area (Å²) in [6.45, 7) is 1.86. The van der Waals surface area contributed by atoms with Crippen molar-refractivity contribution in [2.24, 2.45) is 0 Å². The first kappa shape index (κ1) is 21.0. The summed E-state index contributed by atoms with van der Waals surface area (Å²) in [6, 6.07) is 17.3. The van der Waals surface area contributed by atoms with Crippen LogP contribution in [0.1, 0.15) is 31.2 Å². The smallest absolute Gasteiger partial charge is 0.253 e. The molecule has 6 heteroatoms. The van der Waals surface area contributed by atoms with E-state index < -0.39 is 0 Å². The minimum absolute atomic E-state index is 0.0483. The molecule has 1 atom stereocenters. The molecular formula is C23H28N2O4. The van der Waals surface area contributed by atoms with Gasteiger partial charge in [-0.25, -0.2) is 0 Å². The predicted molar refractivity (Wildman–Crippen MR) is 113 cm³/mol. The highest BCUT2D eigenvalue weighted by molar-refractivity contribution is 5.95. The molecule has 2 amide bonds. The molecule has 1 fully saturated rings. The molecule has 1 saturated heterocycles. The van der Waals surface area contributed by atoms with Gasteiger partial charge in [0, 0.05) is 31.0 Å². The Kier molecular flexibility index (Phi) is 8.22. The van der Waals surface area contributed by atoms with Gasteiger partial charge in [0.2, 0.25) is 5.91 Å². The zero-order valence-electron chi connectivity index (χ0n) is 16.6. The average molecular weight is 396 g/mol. The lowest BCUT2D eigenvalue weighted by molar-refractivity contribution is -0.124. The molecule has 1 aliphatic rings. The first-order valence-corrected chi connectivity index (χ1v) is 10.1. The molecule has 154 valence electrons. The largest absolute Gasteiger partial charge is 0.381 e. The van der Waals surface area contributed by atoms with Crippen molar-refractivity contribution in [2.75, 3.05) is 30.5 Å². The third-order valence-corrected chi connectivity index (χ3v) is 4.73. The normalized spacial score (nSPS) is 15.8. The van der Waals surface area contributed by atoms with Gasteiger partial charge in [-0.3, -0.25) is 9.59 Å². The fourth-order valence-electron chi connectivity index (χ4n) is 3.14. The molecule has 6 nitrogen and oxygen atoms in total. The summed E-state index contributed by atoms with van der Waals surface area (Å²) in [7, 11) is 0. The molecule has 0 radical (unpaired) electrons. The molecule has 2 aromatic carbocycles. The van der Waals surface area contributed by atoms with Crippen LogP contribution in [-0.2, 0) is 25.5 Å². The Bertz CT molecular complexity index is 771. The second-order valence-corrected chi connectivity index (χ2v) is 7.07. The van der Waals surface area contributed by atoms with E-state index in [1.807, 2.05) is 18.2 Å². The molecule has 0 saturated carbocycles. The fourth-order valence-corrected chi connectivity index (χ4v) is 3.14. The maximum absolute atomic E-state index is 12.1. The van der Waals surface area contributed by atoms with Gasteiger partial charge in [0.15, 0.2) is 0 Å². The second-order valence-electron chi connectivity index (χ2n) is 7.07. The van der Waals surface area contributed by atoms with Gasteiger partial charge in [-0.15, -0.1) is 0 Å². The van der Waals surface area contributed by atoms with Gasteiger partial charge in [-0.2, -0.15) is 0 Å². The van der Waals surface area contributed by atoms with Crippen LogP contribution in [0.2, 0.25) is 0 Å². The minimum Gasteiger partial charge on any atom is -0.381 e. The Morgan fingerprint density at radius 1 is 0.966 bits per heavy atom. The predicted octanol–water partition coefficient (Wildman–Crippen LogP) is 3.78. The monoisotopic (exact) mass is 396 g/mol. The molecule has 29 heavy (non-hydrogen) atoms. The summed E-state index contributed by atoms with van der Waals surface area (Å²) in [5, 5.41) is 5.70. The summed E-state index contributed by atoms with van der Waals surface area (Å²) in [6.07, 6.45) is 3.28. The van der Waals surface area contributed by atoms with Gasteiger partial charge in [-0.1, -0.05) is 30.3 Å². The summed E-state index contributed by atoms with van der Waals surface area (Å²) in [5.41, 5.74) is 2.64. The van der Waals surface area contributed by atoms with E-state index in [0.717, 1.165) is 19.3 Å². The van der Waals surface area contributed by atoms with Crippen molar-refractivity contribution in [3.8, 4) is 0 Å². The maximum Gasteiger partial charge on any atom is 0.253 e. The van der Waals surface area contributed by atoms with Crippen molar-refractivity contribution in [3.63, 3.8) is 0 Å². The number of amides is 2. The van der Waals surface area contributed by atoms with E-state index in [1.54, 1.807) is 24.3 Å². The number of benzene rings is 2. The van der Waals surface area contributed by atoms with E-state index in [0.29, 0.717) is 44.0 Å². The molecule has 1 unspecified atom stereocenters. The van der Waals surface area contributed by atoms with Crippen LogP contribution in [0.3, 0.4) is 0 Å². The van der Waals surface area contributed by atoms with Crippen LogP contribution in [0, 0.1) is 0 Å². The number of carbonyl (C=O) groups is 2. The summed E-state index contributed by atoms with van der Waals surface area (Å²) >= 11 is 0. The molecule has 1 heterocycles. The molecule has 0 bridgehead atoms. The van der Waals surface area contributed by atoms with Gasteiger partial charge >= 0.3 is 0 Å². The zero-order chi connectivity index (χ0) is 20.3. The Balaban J connectivity index is 1.29. The van der Waals surface area contributed by atoms with E-state index in [2.05, 4.69) is 22.8 Å². The SMILES string of the molecule is O=C(CCCOCCc1ccccc1)Nc1ccc(NC(=O)C2CCCO2)cc1. The molecule has 2 N–H and O–H groups in total. The van der Waals surface area contributed by atoms with E-state index in [4.69, 9.17) is 9.47 Å². The summed E-state index contributed by atoms with van der Waals surface area (Å²) < 4.78 is 11.0. The molecule has 2 aromatic rings. The summed E-state index contributed by atoms with van der Waals surface area (Å²) in [4.78, 5) is 24.1. The third-order valence-electron chi connectivity index (χ3n) is 4.73. The maximum atomic E-state index is 12.1. The molecular weight excluding hydrogens is 368 g/mol. The van der Waals surface area contributed by atoms with Gasteiger partial charge in [-0.05, 0) is 55.5 Å². The average Bonchev–Trinajstić information content (AvgIpc) is 3.28. The number of carbonyl (C=O) groups excluding carboxylic acids is 2. The van der Waals surface area contributed by atoms with Crippen LogP contribution in [0.4, 0.5) is 11.4 Å². The second kappa shape index (κ2) is 11.3. The highest BCUT2D eigenvalue weighted by Crippen LogP contribution is 2.17. The number of hydrogen-bond acceptors (Lipinski definition) is 4. The van der Waals surface area contributed by atoms with E-state index >= 15 is 0 Å². The Hall–Kier alpha value is -2.70. The van der Waals surface area contributed by atoms with Gasteiger partial charge in [0.25, 0.3) is 5.91 Å². The minimum atomic E-state index is -0.357. The highest BCUT2D eigenvalue weighted by atomic mass is 16.5. The lowest BCUT2D eigenvalue weighted by Crippen LogP contribution is -2.26. The summed E-state index contributed by atoms with van der Waals surface area (Å²) in [5.74, 6) is -0.167. The van der Waals surface area contributed by atoms with E-state index in [1.165, 1.54) is 5.56 Å². The third kappa shape index (κ3) is 7.33. The van der Waals surface area contributed by atoms with Crippen molar-refractivity contribution >= 4 is 23.2 Å². The number of ether oxygens (including phenoxy) is 2. The number of rotatable bonds is 10. The Morgan fingerprint density at radius 2 is 1.69 bits per heavy atom. The van der Waals surface area contributed by atoms with E-state index in [-0.39, 0.29) is 17.9 Å². The molecule has 3 rings (SSSR count). The Morgan fingerprint density at radius 3 is 2.38 bits per heavy atom. The van der Waals surface area contributed by atoms with Crippen molar-refractivity contribution in [1.82, 2.24) is 0 Å². The molecule has 0 aliphatic carbocycles. The zero-order valence-corrected chi connectivity index (χ0v) is 16.6. The van der Waals surface area contributed by atoms with Gasteiger partial charge < -0.3 is 20.1 Å².